The van der Waals surface area contributed by atoms with Gasteiger partial charge in [-0.1, -0.05) is 27.7 Å². The number of hydrogen-bond acceptors (Lipinski definition) is 5. The lowest BCUT2D eigenvalue weighted by atomic mass is 10.0. The van der Waals surface area contributed by atoms with Crippen molar-refractivity contribution in [1.82, 2.24) is 4.98 Å². The van der Waals surface area contributed by atoms with Gasteiger partial charge in [0.25, 0.3) is 0 Å². The summed E-state index contributed by atoms with van der Waals surface area (Å²) in [5.74, 6) is -0.0954. The molecule has 0 aromatic carbocycles. The van der Waals surface area contributed by atoms with Gasteiger partial charge in [-0.2, -0.15) is 0 Å². The molecule has 0 amide bonds. The second-order valence-electron chi connectivity index (χ2n) is 5.63. The van der Waals surface area contributed by atoms with Crippen LogP contribution in [-0.2, 0) is 4.74 Å². The first-order valence-electron chi connectivity index (χ1n) is 5.58. The Kier molecular flexibility index (Phi) is 2.51. The Morgan fingerprint density at radius 3 is 2.29 bits per heavy atom. The Morgan fingerprint density at radius 2 is 1.88 bits per heavy atom. The van der Waals surface area contributed by atoms with E-state index in [1.54, 1.807) is 0 Å². The van der Waals surface area contributed by atoms with Gasteiger partial charge in [-0.15, -0.1) is 11.3 Å². The number of nitrogens with two attached hydrogens (primary N) is 1. The van der Waals surface area contributed by atoms with Gasteiger partial charge in [0.1, 0.15) is 5.00 Å². The van der Waals surface area contributed by atoms with E-state index in [4.69, 9.17) is 5.73 Å². The Hall–Kier alpha value is -1.10. The summed E-state index contributed by atoms with van der Waals surface area (Å²) in [5.41, 5.74) is 6.47. The van der Waals surface area contributed by atoms with Crippen LogP contribution in [0.5, 0.6) is 0 Å². The highest BCUT2D eigenvalue weighted by Gasteiger charge is 2.66. The summed E-state index contributed by atoms with van der Waals surface area (Å²) in [6.07, 6.45) is 0. The van der Waals surface area contributed by atoms with E-state index in [0.29, 0.717) is 10.9 Å². The fourth-order valence-electron chi connectivity index (χ4n) is 2.53. The Bertz CT molecular complexity index is 463. The molecule has 0 atom stereocenters. The van der Waals surface area contributed by atoms with E-state index >= 15 is 0 Å². The van der Waals surface area contributed by atoms with Crippen molar-refractivity contribution in [3.8, 4) is 0 Å². The van der Waals surface area contributed by atoms with Crippen LogP contribution in [0.25, 0.3) is 0 Å². The molecule has 1 aromatic heterocycles. The molecular formula is C12H18N2O2S. The van der Waals surface area contributed by atoms with Crippen molar-refractivity contribution in [1.29, 1.82) is 0 Å². The number of rotatable bonds is 2. The SMILES string of the molecule is COC(=O)c1nc(C2C(C)(C)C2(C)C)sc1N. The van der Waals surface area contributed by atoms with Crippen molar-refractivity contribution >= 4 is 22.3 Å². The van der Waals surface area contributed by atoms with Crippen LogP contribution in [-0.4, -0.2) is 18.1 Å². The highest BCUT2D eigenvalue weighted by atomic mass is 32.1. The van der Waals surface area contributed by atoms with E-state index in [2.05, 4.69) is 37.4 Å². The van der Waals surface area contributed by atoms with Crippen LogP contribution >= 0.6 is 11.3 Å². The molecule has 2 rings (SSSR count). The molecule has 0 bridgehead atoms. The standard InChI is InChI=1S/C12H18N2O2S/c1-11(2)7(12(11,3)4)9-14-6(8(13)17-9)10(15)16-5/h7H,13H2,1-5H3. The van der Waals surface area contributed by atoms with Gasteiger partial charge in [-0.05, 0) is 10.8 Å². The number of carbonyl (C=O) groups is 1. The molecule has 4 nitrogen and oxygen atoms in total. The fraction of sp³-hybridized carbons (Fsp3) is 0.667. The van der Waals surface area contributed by atoms with Gasteiger partial charge >= 0.3 is 5.97 Å². The zero-order chi connectivity index (χ0) is 13.0. The predicted molar refractivity (Wildman–Crippen MR) is 68.2 cm³/mol. The molecule has 2 N–H and O–H groups in total. The zero-order valence-corrected chi connectivity index (χ0v) is 11.6. The van der Waals surface area contributed by atoms with Crippen LogP contribution in [0.2, 0.25) is 0 Å². The van der Waals surface area contributed by atoms with E-state index in [-0.39, 0.29) is 16.5 Å². The molecule has 1 fully saturated rings. The minimum Gasteiger partial charge on any atom is -0.464 e. The van der Waals surface area contributed by atoms with Crippen LogP contribution in [0.15, 0.2) is 0 Å². The smallest absolute Gasteiger partial charge is 0.359 e. The normalized spacial score (nSPS) is 21.2. The lowest BCUT2D eigenvalue weighted by Crippen LogP contribution is -2.04. The number of nitrogen functional groups attached to an aromatic ring is 1. The van der Waals surface area contributed by atoms with E-state index in [1.807, 2.05) is 0 Å². The van der Waals surface area contributed by atoms with E-state index in [1.165, 1.54) is 18.4 Å². The third-order valence-electron chi connectivity index (χ3n) is 4.32. The molecule has 1 aliphatic rings. The first kappa shape index (κ1) is 12.4. The van der Waals surface area contributed by atoms with Gasteiger partial charge in [0, 0.05) is 5.92 Å². The van der Waals surface area contributed by atoms with E-state index in [0.717, 1.165) is 5.01 Å². The molecular weight excluding hydrogens is 236 g/mol. The largest absolute Gasteiger partial charge is 0.464 e. The van der Waals surface area contributed by atoms with Crippen molar-refractivity contribution in [3.05, 3.63) is 10.7 Å². The molecule has 0 unspecified atom stereocenters. The number of ether oxygens (including phenoxy) is 1. The zero-order valence-electron chi connectivity index (χ0n) is 10.8. The van der Waals surface area contributed by atoms with Crippen LogP contribution in [0, 0.1) is 10.8 Å². The van der Waals surface area contributed by atoms with Crippen LogP contribution < -0.4 is 5.73 Å². The number of carbonyl (C=O) groups excluding carboxylic acids is 1. The maximum absolute atomic E-state index is 11.5. The van der Waals surface area contributed by atoms with Gasteiger partial charge in [-0.3, -0.25) is 0 Å². The fourth-order valence-corrected chi connectivity index (χ4v) is 3.82. The number of hydrogen-bond donors (Lipinski definition) is 1. The summed E-state index contributed by atoms with van der Waals surface area (Å²) in [6, 6.07) is 0. The van der Waals surface area contributed by atoms with Gasteiger partial charge in [0.2, 0.25) is 0 Å². The van der Waals surface area contributed by atoms with Crippen molar-refractivity contribution in [2.24, 2.45) is 10.8 Å². The van der Waals surface area contributed by atoms with Crippen LogP contribution in [0.4, 0.5) is 5.00 Å². The second kappa shape index (κ2) is 3.45. The summed E-state index contributed by atoms with van der Waals surface area (Å²) in [7, 11) is 1.34. The van der Waals surface area contributed by atoms with Gasteiger partial charge in [0.05, 0.1) is 12.1 Å². The number of esters is 1. The number of methoxy groups -OCH3 is 1. The van der Waals surface area contributed by atoms with Gasteiger partial charge in [-0.25, -0.2) is 9.78 Å². The number of nitrogens with zero attached hydrogens (tertiary/aromatic N) is 1. The Balaban J connectivity index is 2.35. The molecule has 1 saturated carbocycles. The van der Waals surface area contributed by atoms with Crippen molar-refractivity contribution in [2.45, 2.75) is 33.6 Å². The molecule has 1 aliphatic carbocycles. The monoisotopic (exact) mass is 254 g/mol. The third-order valence-corrected chi connectivity index (χ3v) is 5.27. The topological polar surface area (TPSA) is 65.2 Å². The van der Waals surface area contributed by atoms with E-state index in [9.17, 15) is 4.79 Å². The van der Waals surface area contributed by atoms with Crippen molar-refractivity contribution < 1.29 is 9.53 Å². The Labute approximate surface area is 105 Å². The molecule has 0 saturated heterocycles. The number of anilines is 1. The summed E-state index contributed by atoms with van der Waals surface area (Å²) in [4.78, 5) is 15.8. The molecule has 0 aliphatic heterocycles. The predicted octanol–water partition coefficient (Wildman–Crippen LogP) is 2.66. The van der Waals surface area contributed by atoms with Crippen LogP contribution in [0.3, 0.4) is 0 Å². The maximum Gasteiger partial charge on any atom is 0.359 e. The average Bonchev–Trinajstić information content (AvgIpc) is 2.54. The summed E-state index contributed by atoms with van der Waals surface area (Å²) >= 11 is 1.40. The highest BCUT2D eigenvalue weighted by molar-refractivity contribution is 7.16. The molecule has 17 heavy (non-hydrogen) atoms. The number of aromatic nitrogens is 1. The second-order valence-corrected chi connectivity index (χ2v) is 6.70. The third kappa shape index (κ3) is 1.56. The maximum atomic E-state index is 11.5. The minimum absolute atomic E-state index is 0.199. The molecule has 1 heterocycles. The van der Waals surface area contributed by atoms with Crippen molar-refractivity contribution in [2.75, 3.05) is 12.8 Å². The molecule has 0 radical (unpaired) electrons. The van der Waals surface area contributed by atoms with Gasteiger partial charge < -0.3 is 10.5 Å². The highest BCUT2D eigenvalue weighted by Crippen LogP contribution is 2.74. The minimum atomic E-state index is -0.457. The lowest BCUT2D eigenvalue weighted by Gasteiger charge is -2.03. The molecule has 94 valence electrons. The molecule has 1 aromatic rings. The summed E-state index contributed by atoms with van der Waals surface area (Å²) < 4.78 is 4.66. The van der Waals surface area contributed by atoms with E-state index < -0.39 is 5.97 Å². The molecule has 5 heteroatoms. The Morgan fingerprint density at radius 1 is 1.35 bits per heavy atom. The summed E-state index contributed by atoms with van der Waals surface area (Å²) in [5, 5.41) is 1.39. The first-order valence-corrected chi connectivity index (χ1v) is 6.39. The average molecular weight is 254 g/mol. The van der Waals surface area contributed by atoms with Crippen molar-refractivity contribution in [3.63, 3.8) is 0 Å². The van der Waals surface area contributed by atoms with Gasteiger partial charge in [0.15, 0.2) is 5.69 Å². The number of thiazole rings is 1. The van der Waals surface area contributed by atoms with Crippen LogP contribution in [0.1, 0.15) is 49.1 Å². The lowest BCUT2D eigenvalue weighted by molar-refractivity contribution is 0.0596. The summed E-state index contributed by atoms with van der Waals surface area (Å²) in [6.45, 7) is 8.86. The quantitative estimate of drug-likeness (QED) is 0.824. The first-order chi connectivity index (χ1) is 7.73. The molecule has 0 spiro atoms.